The lowest BCUT2D eigenvalue weighted by atomic mass is 9.94. The summed E-state index contributed by atoms with van der Waals surface area (Å²) in [6, 6.07) is 9.93. The summed E-state index contributed by atoms with van der Waals surface area (Å²) in [6.45, 7) is 1.16. The number of anilines is 1. The second kappa shape index (κ2) is 7.40. The molecule has 0 bridgehead atoms. The first-order valence-corrected chi connectivity index (χ1v) is 10.8. The van der Waals surface area contributed by atoms with Crippen LogP contribution in [-0.4, -0.2) is 22.0 Å². The van der Waals surface area contributed by atoms with Gasteiger partial charge in [-0.25, -0.2) is 12.8 Å². The second-order valence-electron chi connectivity index (χ2n) is 6.25. The third-order valence-corrected chi connectivity index (χ3v) is 7.53. The van der Waals surface area contributed by atoms with Crippen molar-refractivity contribution in [1.29, 1.82) is 0 Å². The third-order valence-electron chi connectivity index (χ3n) is 4.41. The number of benzene rings is 2. The molecule has 1 heterocycles. The second-order valence-corrected chi connectivity index (χ2v) is 9.46. The van der Waals surface area contributed by atoms with E-state index in [2.05, 4.69) is 0 Å². The average Bonchev–Trinajstić information content (AvgIpc) is 2.96. The first kappa shape index (κ1) is 20.7. The van der Waals surface area contributed by atoms with Crippen molar-refractivity contribution in [2.45, 2.75) is 19.6 Å². The van der Waals surface area contributed by atoms with Crippen molar-refractivity contribution in [3.63, 3.8) is 0 Å². The molecule has 3 rings (SSSR count). The fourth-order valence-corrected chi connectivity index (χ4v) is 5.52. The highest BCUT2D eigenvalue weighted by molar-refractivity contribution is 7.93. The van der Waals surface area contributed by atoms with E-state index in [9.17, 15) is 26.0 Å². The zero-order valence-corrected chi connectivity index (χ0v) is 16.7. The van der Waals surface area contributed by atoms with Crippen LogP contribution in [0, 0.1) is 5.82 Å². The van der Waals surface area contributed by atoms with Crippen LogP contribution >= 0.6 is 11.3 Å². The average molecular weight is 429 g/mol. The number of hydrogen-bond acceptors (Lipinski definition) is 3. The van der Waals surface area contributed by atoms with Crippen LogP contribution in [0.15, 0.2) is 42.5 Å². The van der Waals surface area contributed by atoms with Crippen LogP contribution in [0.4, 0.5) is 22.6 Å². The van der Waals surface area contributed by atoms with Crippen LogP contribution < -0.4 is 9.77 Å². The first-order valence-electron chi connectivity index (χ1n) is 8.38. The van der Waals surface area contributed by atoms with E-state index in [-0.39, 0.29) is 17.9 Å². The lowest BCUT2D eigenvalue weighted by molar-refractivity contribution is -0.140. The molecule has 148 valence electrons. The zero-order chi connectivity index (χ0) is 20.7. The molecule has 0 saturated heterocycles. The summed E-state index contributed by atoms with van der Waals surface area (Å²) in [6.07, 6.45) is -4.86. The van der Waals surface area contributed by atoms with E-state index in [4.69, 9.17) is 0 Å². The van der Waals surface area contributed by atoms with Gasteiger partial charge in [-0.1, -0.05) is 24.3 Å². The lowest BCUT2D eigenvalue weighted by Crippen LogP contribution is -2.34. The van der Waals surface area contributed by atoms with Gasteiger partial charge in [0.05, 0.1) is 22.9 Å². The van der Waals surface area contributed by atoms with E-state index in [1.807, 2.05) is 24.3 Å². The van der Waals surface area contributed by atoms with Gasteiger partial charge < -0.3 is 0 Å². The van der Waals surface area contributed by atoms with Crippen LogP contribution in [0.2, 0.25) is 0 Å². The van der Waals surface area contributed by atoms with E-state index < -0.39 is 27.6 Å². The maximum Gasteiger partial charge on any atom is 0.419 e. The van der Waals surface area contributed by atoms with Crippen LogP contribution in [0.1, 0.15) is 18.1 Å². The molecular formula is C18H16BF4NO2S2. The first-order chi connectivity index (χ1) is 13.0. The molecule has 0 N–H and O–H groups in total. The van der Waals surface area contributed by atoms with Gasteiger partial charge in [-0.15, -0.1) is 11.3 Å². The Morgan fingerprint density at radius 3 is 2.43 bits per heavy atom. The molecule has 28 heavy (non-hydrogen) atoms. The van der Waals surface area contributed by atoms with E-state index in [0.717, 1.165) is 19.9 Å². The Morgan fingerprint density at radius 2 is 1.82 bits per heavy atom. The largest absolute Gasteiger partial charge is 0.419 e. The van der Waals surface area contributed by atoms with Crippen molar-refractivity contribution >= 4 is 49.8 Å². The van der Waals surface area contributed by atoms with Crippen molar-refractivity contribution in [2.75, 3.05) is 10.1 Å². The van der Waals surface area contributed by atoms with Crippen molar-refractivity contribution < 1.29 is 26.0 Å². The highest BCUT2D eigenvalue weighted by atomic mass is 32.2. The minimum atomic E-state index is -4.86. The number of hydrogen-bond donors (Lipinski definition) is 0. The van der Waals surface area contributed by atoms with E-state index in [1.54, 1.807) is 7.85 Å². The van der Waals surface area contributed by atoms with Crippen LogP contribution in [0.3, 0.4) is 0 Å². The summed E-state index contributed by atoms with van der Waals surface area (Å²) >= 11 is 1.26. The monoisotopic (exact) mass is 429 g/mol. The van der Waals surface area contributed by atoms with E-state index in [1.165, 1.54) is 24.3 Å². The number of alkyl halides is 3. The molecular weight excluding hydrogens is 413 g/mol. The topological polar surface area (TPSA) is 37.4 Å². The Morgan fingerprint density at radius 1 is 1.14 bits per heavy atom. The molecule has 0 unspecified atom stereocenters. The Labute approximate surface area is 165 Å². The molecule has 2 aromatic carbocycles. The molecule has 0 aliphatic heterocycles. The summed E-state index contributed by atoms with van der Waals surface area (Å²) in [5.74, 6) is -1.60. The van der Waals surface area contributed by atoms with Gasteiger partial charge in [-0.2, -0.15) is 13.2 Å². The summed E-state index contributed by atoms with van der Waals surface area (Å²) in [5.41, 5.74) is -0.620. The molecule has 0 saturated carbocycles. The molecule has 0 aliphatic rings. The van der Waals surface area contributed by atoms with Crippen LogP contribution in [0.25, 0.3) is 10.1 Å². The number of thiophene rings is 1. The van der Waals surface area contributed by atoms with Crippen LogP contribution in [-0.2, 0) is 22.7 Å². The van der Waals surface area contributed by atoms with Gasteiger partial charge in [0.2, 0.25) is 10.0 Å². The van der Waals surface area contributed by atoms with E-state index in [0.29, 0.717) is 17.1 Å². The predicted molar refractivity (Wildman–Crippen MR) is 107 cm³/mol. The molecule has 3 nitrogen and oxygen atoms in total. The number of rotatable bonds is 5. The summed E-state index contributed by atoms with van der Waals surface area (Å²) in [4.78, 5) is 0. The minimum absolute atomic E-state index is 0.0580. The van der Waals surface area contributed by atoms with Crippen molar-refractivity contribution in [3.8, 4) is 0 Å². The lowest BCUT2D eigenvalue weighted by Gasteiger charge is -2.24. The van der Waals surface area contributed by atoms with Gasteiger partial charge in [-0.05, 0) is 41.5 Å². The number of nitrogens with zero attached hydrogens (tertiary/aromatic N) is 1. The van der Waals surface area contributed by atoms with Crippen molar-refractivity contribution in [2.24, 2.45) is 0 Å². The predicted octanol–water partition coefficient (Wildman–Crippen LogP) is 3.67. The summed E-state index contributed by atoms with van der Waals surface area (Å²) in [7, 11) is -2.00. The molecule has 0 radical (unpaired) electrons. The van der Waals surface area contributed by atoms with Gasteiger partial charge in [0.1, 0.15) is 13.7 Å². The Hall–Kier alpha value is -2.07. The Balaban J connectivity index is 2.11. The Bertz CT molecular complexity index is 1130. The third kappa shape index (κ3) is 3.88. The standard InChI is InChI=1S/C18H16BF4NO2S2/c1-2-28(25,26)24(17-16(19)12-5-3-4-6-15(12)27-17)10-11-7-8-14(20)13(9-11)18(21,22)23/h3-9H,2,10,19H2,1H3. The molecule has 1 aromatic heterocycles. The zero-order valence-electron chi connectivity index (χ0n) is 15.0. The summed E-state index contributed by atoms with van der Waals surface area (Å²) in [5, 5.41) is 1.33. The van der Waals surface area contributed by atoms with Gasteiger partial charge in [0.15, 0.2) is 0 Å². The normalized spacial score (nSPS) is 12.5. The van der Waals surface area contributed by atoms with Gasteiger partial charge in [-0.3, -0.25) is 4.31 Å². The highest BCUT2D eigenvalue weighted by Crippen LogP contribution is 2.35. The number of halogens is 4. The van der Waals surface area contributed by atoms with Gasteiger partial charge >= 0.3 is 6.18 Å². The molecule has 0 atom stereocenters. The maximum atomic E-state index is 13.6. The highest BCUT2D eigenvalue weighted by Gasteiger charge is 2.34. The van der Waals surface area contributed by atoms with Gasteiger partial charge in [0.25, 0.3) is 0 Å². The van der Waals surface area contributed by atoms with Crippen molar-refractivity contribution in [3.05, 3.63) is 59.4 Å². The number of sulfonamides is 1. The Kier molecular flexibility index (Phi) is 5.46. The van der Waals surface area contributed by atoms with Gasteiger partial charge in [0, 0.05) is 4.70 Å². The SMILES string of the molecule is Bc1c(N(Cc2ccc(F)c(C(F)(F)F)c2)S(=O)(=O)CC)sc2ccccc12. The summed E-state index contributed by atoms with van der Waals surface area (Å²) < 4.78 is 80.1. The molecule has 0 aliphatic carbocycles. The fraction of sp³-hybridized carbons (Fsp3) is 0.222. The molecule has 0 spiro atoms. The van der Waals surface area contributed by atoms with Crippen LogP contribution in [0.5, 0.6) is 0 Å². The fourth-order valence-electron chi connectivity index (χ4n) is 2.91. The van der Waals surface area contributed by atoms with E-state index >= 15 is 0 Å². The van der Waals surface area contributed by atoms with Crippen molar-refractivity contribution in [1.82, 2.24) is 0 Å². The molecule has 0 fully saturated rings. The minimum Gasteiger partial charge on any atom is -0.257 e. The molecule has 3 aromatic rings. The smallest absolute Gasteiger partial charge is 0.257 e. The number of fused-ring (bicyclic) bond motifs is 1. The molecule has 0 amide bonds. The quantitative estimate of drug-likeness (QED) is 0.459. The maximum absolute atomic E-state index is 13.6. The molecule has 10 heteroatoms.